The average Bonchev–Trinajstić information content (AvgIpc) is 3.04. The molecule has 0 aliphatic rings. The first-order valence-electron chi connectivity index (χ1n) is 9.29. The molecular weight excluding hydrogens is 360 g/mol. The number of carboxylic acids is 1. The summed E-state index contributed by atoms with van der Waals surface area (Å²) in [5, 5.41) is 18.1. The molecule has 0 aliphatic carbocycles. The number of hydrogen-bond donors (Lipinski definition) is 3. The number of carboxylic acid groups (broad SMARTS) is 1. The van der Waals surface area contributed by atoms with Gasteiger partial charge in [0.15, 0.2) is 5.69 Å². The summed E-state index contributed by atoms with van der Waals surface area (Å²) < 4.78 is 1.90. The number of aliphatic carboxylic acids is 1. The second-order valence-corrected chi connectivity index (χ2v) is 6.58. The Bertz CT molecular complexity index is 838. The Balaban J connectivity index is 1.98. The molecule has 28 heavy (non-hydrogen) atoms. The van der Waals surface area contributed by atoms with Crippen LogP contribution in [0.15, 0.2) is 30.3 Å². The van der Waals surface area contributed by atoms with E-state index in [0.29, 0.717) is 11.4 Å². The number of carbonyl (C=O) groups is 3. The van der Waals surface area contributed by atoms with Crippen LogP contribution in [0.25, 0.3) is 0 Å². The van der Waals surface area contributed by atoms with Gasteiger partial charge >= 0.3 is 5.97 Å². The van der Waals surface area contributed by atoms with Crippen molar-refractivity contribution >= 4 is 23.5 Å². The van der Waals surface area contributed by atoms with Gasteiger partial charge in [0.25, 0.3) is 5.91 Å². The van der Waals surface area contributed by atoms with Gasteiger partial charge in [-0.05, 0) is 43.5 Å². The molecule has 1 aromatic heterocycles. The number of anilines is 1. The smallest absolute Gasteiger partial charge is 0.322 e. The highest BCUT2D eigenvalue weighted by atomic mass is 16.4. The van der Waals surface area contributed by atoms with Gasteiger partial charge < -0.3 is 15.7 Å². The Kier molecular flexibility index (Phi) is 7.31. The van der Waals surface area contributed by atoms with Crippen molar-refractivity contribution < 1.29 is 19.5 Å². The van der Waals surface area contributed by atoms with Crippen molar-refractivity contribution in [1.82, 2.24) is 15.1 Å². The zero-order valence-corrected chi connectivity index (χ0v) is 16.4. The molecule has 8 nitrogen and oxygen atoms in total. The zero-order chi connectivity index (χ0) is 20.7. The van der Waals surface area contributed by atoms with Crippen molar-refractivity contribution in [1.29, 1.82) is 0 Å². The molecule has 0 bridgehead atoms. The van der Waals surface area contributed by atoms with Crippen LogP contribution < -0.4 is 10.6 Å². The van der Waals surface area contributed by atoms with Crippen LogP contribution in [0.4, 0.5) is 5.69 Å². The largest absolute Gasteiger partial charge is 0.480 e. The highest BCUT2D eigenvalue weighted by Gasteiger charge is 2.16. The maximum absolute atomic E-state index is 12.5. The van der Waals surface area contributed by atoms with Gasteiger partial charge in [0.05, 0.1) is 12.5 Å². The molecule has 0 saturated heterocycles. The molecule has 0 spiro atoms. The third kappa shape index (κ3) is 5.67. The minimum Gasteiger partial charge on any atom is -0.480 e. The summed E-state index contributed by atoms with van der Waals surface area (Å²) in [4.78, 5) is 34.6. The van der Waals surface area contributed by atoms with Crippen LogP contribution in [0.2, 0.25) is 0 Å². The fourth-order valence-electron chi connectivity index (χ4n) is 2.93. The summed E-state index contributed by atoms with van der Waals surface area (Å²) in [5.74, 6) is -1.75. The first-order valence-corrected chi connectivity index (χ1v) is 9.29. The number of nitrogens with zero attached hydrogens (tertiary/aromatic N) is 2. The lowest BCUT2D eigenvalue weighted by Crippen LogP contribution is -2.30. The molecule has 0 saturated carbocycles. The van der Waals surface area contributed by atoms with Crippen LogP contribution >= 0.6 is 0 Å². The van der Waals surface area contributed by atoms with Crippen molar-refractivity contribution in [2.45, 2.75) is 46.1 Å². The predicted molar refractivity (Wildman–Crippen MR) is 105 cm³/mol. The van der Waals surface area contributed by atoms with Crippen molar-refractivity contribution in [2.75, 3.05) is 11.9 Å². The van der Waals surface area contributed by atoms with E-state index in [4.69, 9.17) is 5.11 Å². The summed E-state index contributed by atoms with van der Waals surface area (Å²) in [6, 6.07) is 8.86. The van der Waals surface area contributed by atoms with Gasteiger partial charge in [0.1, 0.15) is 6.54 Å². The molecule has 0 unspecified atom stereocenters. The van der Waals surface area contributed by atoms with Crippen molar-refractivity contribution in [3.8, 4) is 0 Å². The SMILES string of the molecule is CCC(CC)n1nc(C(=O)Nc2ccc(CC(=O)NCC(=O)O)cc2)cc1C. The third-order valence-electron chi connectivity index (χ3n) is 4.46. The van der Waals surface area contributed by atoms with Crippen molar-refractivity contribution in [3.63, 3.8) is 0 Å². The lowest BCUT2D eigenvalue weighted by atomic mass is 10.1. The van der Waals surface area contributed by atoms with E-state index in [2.05, 4.69) is 29.6 Å². The molecule has 2 amide bonds. The number of aromatic nitrogens is 2. The molecule has 0 radical (unpaired) electrons. The molecule has 2 aromatic rings. The minimum atomic E-state index is -1.09. The molecular formula is C20H26N4O4. The molecule has 8 heteroatoms. The summed E-state index contributed by atoms with van der Waals surface area (Å²) in [6.45, 7) is 5.72. The Morgan fingerprint density at radius 1 is 1.14 bits per heavy atom. The number of benzene rings is 1. The summed E-state index contributed by atoms with van der Waals surface area (Å²) in [7, 11) is 0. The van der Waals surface area contributed by atoms with E-state index in [1.54, 1.807) is 30.3 Å². The van der Waals surface area contributed by atoms with E-state index in [9.17, 15) is 14.4 Å². The van der Waals surface area contributed by atoms with E-state index in [0.717, 1.165) is 24.1 Å². The normalized spacial score (nSPS) is 10.7. The van der Waals surface area contributed by atoms with Crippen LogP contribution in [0, 0.1) is 6.92 Å². The van der Waals surface area contributed by atoms with E-state index < -0.39 is 12.5 Å². The van der Waals surface area contributed by atoms with Gasteiger partial charge in [-0.3, -0.25) is 19.1 Å². The fraction of sp³-hybridized carbons (Fsp3) is 0.400. The van der Waals surface area contributed by atoms with Gasteiger partial charge in [-0.2, -0.15) is 5.10 Å². The number of aryl methyl sites for hydroxylation is 1. The maximum Gasteiger partial charge on any atom is 0.322 e. The fourth-order valence-corrected chi connectivity index (χ4v) is 2.93. The Labute approximate surface area is 163 Å². The average molecular weight is 386 g/mol. The van der Waals surface area contributed by atoms with E-state index in [-0.39, 0.29) is 24.3 Å². The first-order chi connectivity index (χ1) is 13.3. The second kappa shape index (κ2) is 9.68. The molecule has 2 rings (SSSR count). The van der Waals surface area contributed by atoms with Gasteiger partial charge in [0, 0.05) is 11.4 Å². The monoisotopic (exact) mass is 386 g/mol. The molecule has 0 fully saturated rings. The van der Waals surface area contributed by atoms with Crippen LogP contribution in [0.1, 0.15) is 54.5 Å². The van der Waals surface area contributed by atoms with Crippen LogP contribution in [-0.2, 0) is 16.0 Å². The van der Waals surface area contributed by atoms with Crippen LogP contribution in [0.5, 0.6) is 0 Å². The lowest BCUT2D eigenvalue weighted by molar-refractivity contribution is -0.137. The number of hydrogen-bond acceptors (Lipinski definition) is 4. The Hall–Kier alpha value is -3.16. The summed E-state index contributed by atoms with van der Waals surface area (Å²) in [6.07, 6.45) is 1.96. The van der Waals surface area contributed by atoms with Gasteiger partial charge in [-0.15, -0.1) is 0 Å². The van der Waals surface area contributed by atoms with E-state index >= 15 is 0 Å². The molecule has 1 aromatic carbocycles. The standard InChI is InChI=1S/C20H26N4O4/c1-4-16(5-2)24-13(3)10-17(23-24)20(28)22-15-8-6-14(7-9-15)11-18(25)21-12-19(26)27/h6-10,16H,4-5,11-12H2,1-3H3,(H,21,25)(H,22,28)(H,26,27). The number of amides is 2. The Morgan fingerprint density at radius 2 is 1.79 bits per heavy atom. The lowest BCUT2D eigenvalue weighted by Gasteiger charge is -2.14. The zero-order valence-electron chi connectivity index (χ0n) is 16.4. The van der Waals surface area contributed by atoms with Gasteiger partial charge in [0.2, 0.25) is 5.91 Å². The van der Waals surface area contributed by atoms with Crippen LogP contribution in [-0.4, -0.2) is 39.2 Å². The van der Waals surface area contributed by atoms with Crippen molar-refractivity contribution in [2.24, 2.45) is 0 Å². The van der Waals surface area contributed by atoms with Gasteiger partial charge in [-0.25, -0.2) is 0 Å². The third-order valence-corrected chi connectivity index (χ3v) is 4.46. The minimum absolute atomic E-state index is 0.0700. The maximum atomic E-state index is 12.5. The predicted octanol–water partition coefficient (Wildman–Crippen LogP) is 2.55. The van der Waals surface area contributed by atoms with Crippen molar-refractivity contribution in [3.05, 3.63) is 47.3 Å². The highest BCUT2D eigenvalue weighted by Crippen LogP contribution is 2.19. The molecule has 150 valence electrons. The summed E-state index contributed by atoms with van der Waals surface area (Å²) in [5.41, 5.74) is 2.62. The van der Waals surface area contributed by atoms with Gasteiger partial charge in [-0.1, -0.05) is 26.0 Å². The van der Waals surface area contributed by atoms with Crippen LogP contribution in [0.3, 0.4) is 0 Å². The van der Waals surface area contributed by atoms with E-state index in [1.165, 1.54) is 0 Å². The number of carbonyl (C=O) groups excluding carboxylic acids is 2. The molecule has 0 atom stereocenters. The molecule has 3 N–H and O–H groups in total. The molecule has 1 heterocycles. The first kappa shape index (κ1) is 21.1. The topological polar surface area (TPSA) is 113 Å². The number of nitrogens with one attached hydrogen (secondary N) is 2. The number of rotatable bonds is 9. The summed E-state index contributed by atoms with van der Waals surface area (Å²) >= 11 is 0. The quantitative estimate of drug-likeness (QED) is 0.613. The molecule has 0 aliphatic heterocycles. The Morgan fingerprint density at radius 3 is 2.36 bits per heavy atom. The van der Waals surface area contributed by atoms with E-state index in [1.807, 2.05) is 11.6 Å². The second-order valence-electron chi connectivity index (χ2n) is 6.58. The highest BCUT2D eigenvalue weighted by molar-refractivity contribution is 6.02.